The van der Waals surface area contributed by atoms with E-state index in [9.17, 15) is 9.18 Å². The van der Waals surface area contributed by atoms with Gasteiger partial charge in [-0.15, -0.1) is 11.8 Å². The average Bonchev–Trinajstić information content (AvgIpc) is 2.59. The molecule has 0 saturated heterocycles. The maximum absolute atomic E-state index is 12.9. The van der Waals surface area contributed by atoms with Gasteiger partial charge in [0, 0.05) is 35.8 Å². The molecule has 0 heterocycles. The Kier molecular flexibility index (Phi) is 7.10. The van der Waals surface area contributed by atoms with Crippen molar-refractivity contribution in [3.8, 4) is 0 Å². The lowest BCUT2D eigenvalue weighted by Crippen LogP contribution is -2.34. The van der Waals surface area contributed by atoms with E-state index in [1.54, 1.807) is 23.9 Å². The molecule has 0 bridgehead atoms. The van der Waals surface area contributed by atoms with Crippen LogP contribution in [0.25, 0.3) is 0 Å². The highest BCUT2D eigenvalue weighted by molar-refractivity contribution is 7.99. The Hall–Kier alpha value is -1.85. The van der Waals surface area contributed by atoms with Crippen molar-refractivity contribution in [3.05, 3.63) is 60.4 Å². The van der Waals surface area contributed by atoms with Crippen LogP contribution in [0.4, 0.5) is 10.1 Å². The fourth-order valence-electron chi connectivity index (χ4n) is 2.16. The van der Waals surface area contributed by atoms with Gasteiger partial charge in [-0.2, -0.15) is 0 Å². The van der Waals surface area contributed by atoms with Crippen molar-refractivity contribution < 1.29 is 9.18 Å². The third-order valence-electron chi connectivity index (χ3n) is 3.36. The van der Waals surface area contributed by atoms with Gasteiger partial charge in [-0.25, -0.2) is 4.39 Å². The van der Waals surface area contributed by atoms with Crippen LogP contribution >= 0.6 is 11.8 Å². The summed E-state index contributed by atoms with van der Waals surface area (Å²) in [5.74, 6) is 0.624. The third kappa shape index (κ3) is 5.69. The van der Waals surface area contributed by atoms with E-state index in [2.05, 4.69) is 5.32 Å². The summed E-state index contributed by atoms with van der Waals surface area (Å²) in [6.07, 6.45) is 0.465. The minimum absolute atomic E-state index is 0.102. The molecular formula is C18H21FN2OS. The Balaban J connectivity index is 1.97. The zero-order valence-corrected chi connectivity index (χ0v) is 14.0. The molecule has 3 nitrogen and oxygen atoms in total. The van der Waals surface area contributed by atoms with Crippen molar-refractivity contribution in [3.63, 3.8) is 0 Å². The summed E-state index contributed by atoms with van der Waals surface area (Å²) in [7, 11) is 1.84. The van der Waals surface area contributed by atoms with Gasteiger partial charge in [-0.3, -0.25) is 4.79 Å². The number of hydrogen-bond acceptors (Lipinski definition) is 3. The number of amides is 1. The number of benzene rings is 2. The van der Waals surface area contributed by atoms with Crippen LogP contribution in [0.15, 0.2) is 59.5 Å². The summed E-state index contributed by atoms with van der Waals surface area (Å²) in [4.78, 5) is 15.2. The summed E-state index contributed by atoms with van der Waals surface area (Å²) in [6, 6.07) is 16.1. The van der Waals surface area contributed by atoms with Crippen molar-refractivity contribution >= 4 is 23.4 Å². The second-order valence-electron chi connectivity index (χ2n) is 5.04. The first kappa shape index (κ1) is 17.5. The number of rotatable bonds is 8. The highest BCUT2D eigenvalue weighted by Crippen LogP contribution is 2.20. The zero-order valence-electron chi connectivity index (χ0n) is 13.2. The first-order chi connectivity index (χ1) is 11.2. The normalized spacial score (nSPS) is 10.5. The molecule has 0 fully saturated rings. The molecule has 0 aliphatic rings. The second kappa shape index (κ2) is 9.33. The molecule has 2 aromatic carbocycles. The highest BCUT2D eigenvalue weighted by Gasteiger charge is 2.14. The molecule has 0 aliphatic carbocycles. The molecule has 0 saturated carbocycles. The molecule has 2 aromatic rings. The summed E-state index contributed by atoms with van der Waals surface area (Å²) in [5, 5.41) is 3.00. The number of anilines is 1. The van der Waals surface area contributed by atoms with Crippen LogP contribution in [0, 0.1) is 5.82 Å². The number of nitrogens with one attached hydrogen (secondary N) is 1. The van der Waals surface area contributed by atoms with E-state index in [0.29, 0.717) is 19.5 Å². The topological polar surface area (TPSA) is 32.3 Å². The minimum Gasteiger partial charge on any atom is -0.319 e. The summed E-state index contributed by atoms with van der Waals surface area (Å²) in [6.45, 7) is 1.28. The molecule has 0 aromatic heterocycles. The van der Waals surface area contributed by atoms with E-state index < -0.39 is 0 Å². The van der Waals surface area contributed by atoms with E-state index in [4.69, 9.17) is 0 Å². The molecule has 1 amide bonds. The summed E-state index contributed by atoms with van der Waals surface area (Å²) in [5.41, 5.74) is 0.910. The molecule has 1 N–H and O–H groups in total. The Morgan fingerprint density at radius 2 is 1.83 bits per heavy atom. The van der Waals surface area contributed by atoms with Crippen molar-refractivity contribution in [1.82, 2.24) is 5.32 Å². The van der Waals surface area contributed by atoms with Crippen LogP contribution in [-0.2, 0) is 4.79 Å². The first-order valence-corrected chi connectivity index (χ1v) is 8.57. The van der Waals surface area contributed by atoms with Crippen molar-refractivity contribution in [1.29, 1.82) is 0 Å². The van der Waals surface area contributed by atoms with Gasteiger partial charge in [0.15, 0.2) is 0 Å². The Morgan fingerprint density at radius 1 is 1.13 bits per heavy atom. The fraction of sp³-hybridized carbons (Fsp3) is 0.278. The number of halogens is 1. The summed E-state index contributed by atoms with van der Waals surface area (Å²) >= 11 is 1.62. The molecule has 122 valence electrons. The van der Waals surface area contributed by atoms with Gasteiger partial charge < -0.3 is 10.2 Å². The van der Waals surface area contributed by atoms with Gasteiger partial charge in [0.1, 0.15) is 5.82 Å². The number of nitrogens with zero attached hydrogens (tertiary/aromatic N) is 1. The van der Waals surface area contributed by atoms with Crippen molar-refractivity contribution in [2.75, 3.05) is 30.8 Å². The van der Waals surface area contributed by atoms with Crippen LogP contribution in [0.5, 0.6) is 0 Å². The van der Waals surface area contributed by atoms with E-state index in [-0.39, 0.29) is 11.7 Å². The molecule has 0 aliphatic heterocycles. The van der Waals surface area contributed by atoms with E-state index >= 15 is 0 Å². The van der Waals surface area contributed by atoms with Gasteiger partial charge in [0.2, 0.25) is 5.91 Å². The predicted molar refractivity (Wildman–Crippen MR) is 94.5 cm³/mol. The molecular weight excluding hydrogens is 311 g/mol. The first-order valence-electron chi connectivity index (χ1n) is 7.59. The highest BCUT2D eigenvalue weighted by atomic mass is 32.2. The van der Waals surface area contributed by atoms with Crippen molar-refractivity contribution in [2.45, 2.75) is 11.3 Å². The van der Waals surface area contributed by atoms with Gasteiger partial charge in [-0.1, -0.05) is 18.2 Å². The van der Waals surface area contributed by atoms with E-state index in [1.165, 1.54) is 12.1 Å². The largest absolute Gasteiger partial charge is 0.319 e. The molecule has 0 radical (unpaired) electrons. The summed E-state index contributed by atoms with van der Waals surface area (Å²) < 4.78 is 12.9. The molecule has 2 rings (SSSR count). The minimum atomic E-state index is -0.234. The Bertz CT molecular complexity index is 604. The predicted octanol–water partition coefficient (Wildman–Crippen LogP) is 3.56. The zero-order chi connectivity index (χ0) is 16.5. The van der Waals surface area contributed by atoms with Crippen molar-refractivity contribution in [2.24, 2.45) is 0 Å². The number of para-hydroxylation sites is 1. The molecule has 0 atom stereocenters. The van der Waals surface area contributed by atoms with Gasteiger partial charge >= 0.3 is 0 Å². The van der Waals surface area contributed by atoms with Gasteiger partial charge in [0.05, 0.1) is 0 Å². The van der Waals surface area contributed by atoms with Gasteiger partial charge in [0.25, 0.3) is 0 Å². The molecule has 0 unspecified atom stereocenters. The SMILES string of the molecule is CNCCC(=O)N(CCSc1ccc(F)cc1)c1ccccc1. The van der Waals surface area contributed by atoms with Crippen LogP contribution < -0.4 is 10.2 Å². The van der Waals surface area contributed by atoms with E-state index in [1.807, 2.05) is 42.3 Å². The number of carbonyl (C=O) groups is 1. The van der Waals surface area contributed by atoms with Crippen LogP contribution in [-0.4, -0.2) is 31.8 Å². The third-order valence-corrected chi connectivity index (χ3v) is 4.35. The number of thioether (sulfide) groups is 1. The lowest BCUT2D eigenvalue weighted by Gasteiger charge is -2.23. The maximum Gasteiger partial charge on any atom is 0.228 e. The average molecular weight is 332 g/mol. The number of carbonyl (C=O) groups excluding carboxylic acids is 1. The fourth-order valence-corrected chi connectivity index (χ4v) is 3.00. The lowest BCUT2D eigenvalue weighted by molar-refractivity contribution is -0.118. The Labute approximate surface area is 140 Å². The van der Waals surface area contributed by atoms with Crippen LogP contribution in [0.2, 0.25) is 0 Å². The molecule has 0 spiro atoms. The quantitative estimate of drug-likeness (QED) is 0.750. The van der Waals surface area contributed by atoms with Crippen LogP contribution in [0.1, 0.15) is 6.42 Å². The smallest absolute Gasteiger partial charge is 0.228 e. The second-order valence-corrected chi connectivity index (χ2v) is 6.21. The Morgan fingerprint density at radius 3 is 2.48 bits per heavy atom. The lowest BCUT2D eigenvalue weighted by atomic mass is 10.2. The molecule has 23 heavy (non-hydrogen) atoms. The van der Waals surface area contributed by atoms with E-state index in [0.717, 1.165) is 16.3 Å². The monoisotopic (exact) mass is 332 g/mol. The standard InChI is InChI=1S/C18H21FN2OS/c1-20-12-11-18(22)21(16-5-3-2-4-6-16)13-14-23-17-9-7-15(19)8-10-17/h2-10,20H,11-14H2,1H3. The molecule has 5 heteroatoms. The van der Waals surface area contributed by atoms with Crippen LogP contribution in [0.3, 0.4) is 0 Å². The number of hydrogen-bond donors (Lipinski definition) is 1. The maximum atomic E-state index is 12.9. The van der Waals surface area contributed by atoms with Gasteiger partial charge in [-0.05, 0) is 43.4 Å².